The highest BCUT2D eigenvalue weighted by molar-refractivity contribution is 7.92. The van der Waals surface area contributed by atoms with Crippen molar-refractivity contribution in [1.29, 1.82) is 0 Å². The van der Waals surface area contributed by atoms with E-state index in [1.165, 1.54) is 4.31 Å². The van der Waals surface area contributed by atoms with Gasteiger partial charge in [-0.15, -0.1) is 0 Å². The zero-order valence-electron chi connectivity index (χ0n) is 24.3. The molecule has 0 unspecified atom stereocenters. The third-order valence-electron chi connectivity index (χ3n) is 8.42. The third kappa shape index (κ3) is 5.95. The molecule has 11 heteroatoms. The molecule has 0 N–H and O–H groups in total. The number of hydrogen-bond donors (Lipinski definition) is 0. The van der Waals surface area contributed by atoms with Gasteiger partial charge in [-0.3, -0.25) is 13.9 Å². The SMILES string of the molecule is CCC(=O)c1c(-c2ccc(C)cc2)oc2nc(N(CCCC3(C(=O)C=[N+]=[N-])CCOCC3)S(C)(=O)=O)c(C3CC3)cc12. The molecule has 0 atom stereocenters. The van der Waals surface area contributed by atoms with Gasteiger partial charge in [-0.25, -0.2) is 8.42 Å². The van der Waals surface area contributed by atoms with Gasteiger partial charge in [-0.05, 0) is 63.0 Å². The molecule has 1 aliphatic heterocycles. The highest BCUT2D eigenvalue weighted by Crippen LogP contribution is 2.47. The van der Waals surface area contributed by atoms with Gasteiger partial charge in [0.05, 0.1) is 17.2 Å². The largest absolute Gasteiger partial charge is 0.437 e. The minimum absolute atomic E-state index is 0.0709. The summed E-state index contributed by atoms with van der Waals surface area (Å²) in [6, 6.07) is 9.59. The predicted molar refractivity (Wildman–Crippen MR) is 159 cm³/mol. The van der Waals surface area contributed by atoms with E-state index >= 15 is 0 Å². The summed E-state index contributed by atoms with van der Waals surface area (Å²) >= 11 is 0. The molecule has 3 heterocycles. The number of aryl methyl sites for hydroxylation is 1. The zero-order chi connectivity index (χ0) is 30.1. The van der Waals surface area contributed by atoms with Gasteiger partial charge in [-0.2, -0.15) is 9.77 Å². The van der Waals surface area contributed by atoms with E-state index < -0.39 is 15.4 Å². The number of fused-ring (bicyclic) bond motifs is 1. The van der Waals surface area contributed by atoms with E-state index in [0.717, 1.165) is 42.0 Å². The van der Waals surface area contributed by atoms with Crippen molar-refractivity contribution in [1.82, 2.24) is 4.98 Å². The summed E-state index contributed by atoms with van der Waals surface area (Å²) in [6.45, 7) is 4.71. The quantitative estimate of drug-likeness (QED) is 0.117. The first-order chi connectivity index (χ1) is 20.1. The van der Waals surface area contributed by atoms with E-state index in [9.17, 15) is 18.0 Å². The topological polar surface area (TPSA) is 143 Å². The van der Waals surface area contributed by atoms with Gasteiger partial charge in [0.25, 0.3) is 0 Å². The highest BCUT2D eigenvalue weighted by atomic mass is 32.2. The van der Waals surface area contributed by atoms with Gasteiger partial charge >= 0.3 is 6.21 Å². The van der Waals surface area contributed by atoms with Crippen LogP contribution in [0.25, 0.3) is 28.0 Å². The van der Waals surface area contributed by atoms with Gasteiger partial charge < -0.3 is 14.7 Å². The lowest BCUT2D eigenvalue weighted by Crippen LogP contribution is -2.39. The molecule has 2 aliphatic rings. The predicted octanol–water partition coefficient (Wildman–Crippen LogP) is 5.49. The van der Waals surface area contributed by atoms with E-state index in [1.807, 2.05) is 37.3 Å². The van der Waals surface area contributed by atoms with Crippen LogP contribution >= 0.6 is 0 Å². The Kier molecular flexibility index (Phi) is 8.46. The van der Waals surface area contributed by atoms with Crippen molar-refractivity contribution in [3.63, 3.8) is 0 Å². The number of furan rings is 1. The summed E-state index contributed by atoms with van der Waals surface area (Å²) in [5.74, 6) is 0.506. The minimum Gasteiger partial charge on any atom is -0.437 e. The molecule has 1 saturated carbocycles. The summed E-state index contributed by atoms with van der Waals surface area (Å²) in [4.78, 5) is 33.8. The van der Waals surface area contributed by atoms with Crippen molar-refractivity contribution in [2.45, 2.75) is 64.7 Å². The fourth-order valence-corrected chi connectivity index (χ4v) is 6.77. The first-order valence-corrected chi connectivity index (χ1v) is 16.3. The number of ether oxygens (including phenoxy) is 1. The lowest BCUT2D eigenvalue weighted by molar-refractivity contribution is -0.131. The molecule has 222 valence electrons. The molecule has 1 aromatic carbocycles. The number of ketones is 2. The Morgan fingerprint density at radius 3 is 2.48 bits per heavy atom. The molecule has 2 fully saturated rings. The molecule has 0 spiro atoms. The maximum Gasteiger partial charge on any atom is 0.323 e. The normalized spacial score (nSPS) is 16.6. The molecule has 42 heavy (non-hydrogen) atoms. The first-order valence-electron chi connectivity index (χ1n) is 14.4. The molecule has 0 radical (unpaired) electrons. The van der Waals surface area contributed by atoms with Gasteiger partial charge in [-0.1, -0.05) is 36.8 Å². The number of rotatable bonds is 12. The maximum absolute atomic E-state index is 13.2. The van der Waals surface area contributed by atoms with Crippen LogP contribution in [0.4, 0.5) is 5.82 Å². The summed E-state index contributed by atoms with van der Waals surface area (Å²) in [5.41, 5.74) is 11.5. The standard InChI is InChI=1S/C31H36N4O6S/c1-4-25(36)27-24-18-23(21-10-11-21)29(34-30(24)41-28(27)22-8-6-20(2)7-9-22)35(42(3,38)39)15-5-12-31(26(37)19-33-32)13-16-40-17-14-31/h6-9,18-19,21H,4-5,10-17H2,1-3H3. The van der Waals surface area contributed by atoms with Crippen LogP contribution in [0.2, 0.25) is 0 Å². The Bertz CT molecular complexity index is 1660. The van der Waals surface area contributed by atoms with E-state index in [0.29, 0.717) is 61.4 Å². The van der Waals surface area contributed by atoms with Gasteiger partial charge in [0, 0.05) is 37.2 Å². The Morgan fingerprint density at radius 1 is 1.19 bits per heavy atom. The average Bonchev–Trinajstić information content (AvgIpc) is 3.75. The van der Waals surface area contributed by atoms with Crippen LogP contribution in [0, 0.1) is 12.3 Å². The van der Waals surface area contributed by atoms with Crippen LogP contribution < -0.4 is 4.31 Å². The Hall–Kier alpha value is -3.66. The fraction of sp³-hybridized carbons (Fsp3) is 0.484. The summed E-state index contributed by atoms with van der Waals surface area (Å²) in [6.07, 6.45) is 5.89. The van der Waals surface area contributed by atoms with Crippen LogP contribution in [0.3, 0.4) is 0 Å². The number of anilines is 1. The highest BCUT2D eigenvalue weighted by Gasteiger charge is 2.41. The lowest BCUT2D eigenvalue weighted by atomic mass is 9.73. The molecule has 3 aromatic rings. The van der Waals surface area contributed by atoms with Crippen molar-refractivity contribution in [3.8, 4) is 11.3 Å². The molecule has 1 aliphatic carbocycles. The molecule has 10 nitrogen and oxygen atoms in total. The lowest BCUT2D eigenvalue weighted by Gasteiger charge is -2.34. The van der Waals surface area contributed by atoms with Crippen molar-refractivity contribution in [2.75, 3.05) is 30.3 Å². The summed E-state index contributed by atoms with van der Waals surface area (Å²) in [5, 5.41) is 0.589. The summed E-state index contributed by atoms with van der Waals surface area (Å²) < 4.78 is 39.4. The van der Waals surface area contributed by atoms with Crippen LogP contribution in [0.1, 0.15) is 79.3 Å². The second kappa shape index (κ2) is 11.9. The monoisotopic (exact) mass is 592 g/mol. The number of hydrogen-bond acceptors (Lipinski definition) is 7. The van der Waals surface area contributed by atoms with Crippen molar-refractivity contribution in [2.24, 2.45) is 5.41 Å². The number of Topliss-reactive ketones (excluding diaryl/α,β-unsaturated/α-hetero) is 2. The van der Waals surface area contributed by atoms with Crippen LogP contribution in [-0.2, 0) is 19.6 Å². The minimum atomic E-state index is -3.76. The van der Waals surface area contributed by atoms with E-state index in [1.54, 1.807) is 6.92 Å². The number of aromatic nitrogens is 1. The van der Waals surface area contributed by atoms with Crippen LogP contribution in [-0.4, -0.2) is 62.0 Å². The number of carbonyl (C=O) groups is 2. The summed E-state index contributed by atoms with van der Waals surface area (Å²) in [7, 11) is -3.76. The Labute approximate surface area is 245 Å². The number of pyridine rings is 1. The molecular formula is C31H36N4O6S. The van der Waals surface area contributed by atoms with E-state index in [4.69, 9.17) is 19.7 Å². The number of benzene rings is 1. The molecule has 1 saturated heterocycles. The maximum atomic E-state index is 13.2. The molecule has 5 rings (SSSR count). The van der Waals surface area contributed by atoms with Crippen LogP contribution in [0.5, 0.6) is 0 Å². The van der Waals surface area contributed by atoms with Crippen LogP contribution in [0.15, 0.2) is 34.7 Å². The van der Waals surface area contributed by atoms with Gasteiger partial charge in [0.2, 0.25) is 21.5 Å². The molecule has 0 amide bonds. The molecule has 2 aromatic heterocycles. The molecule has 0 bridgehead atoms. The van der Waals surface area contributed by atoms with Crippen molar-refractivity contribution >= 4 is 44.7 Å². The smallest absolute Gasteiger partial charge is 0.323 e. The second-order valence-electron chi connectivity index (χ2n) is 11.4. The second-order valence-corrected chi connectivity index (χ2v) is 13.3. The van der Waals surface area contributed by atoms with Crippen molar-refractivity contribution < 1.29 is 32.0 Å². The van der Waals surface area contributed by atoms with E-state index in [-0.39, 0.29) is 36.2 Å². The average molecular weight is 593 g/mol. The number of sulfonamides is 1. The zero-order valence-corrected chi connectivity index (χ0v) is 25.1. The van der Waals surface area contributed by atoms with Gasteiger partial charge in [0.1, 0.15) is 11.6 Å². The fourth-order valence-electron chi connectivity index (χ4n) is 5.85. The van der Waals surface area contributed by atoms with Gasteiger partial charge in [0.15, 0.2) is 5.78 Å². The Morgan fingerprint density at radius 2 is 1.88 bits per heavy atom. The van der Waals surface area contributed by atoms with E-state index in [2.05, 4.69) is 4.79 Å². The number of nitrogens with zero attached hydrogens (tertiary/aromatic N) is 4. The first kappa shape index (κ1) is 29.8. The molecular weight excluding hydrogens is 556 g/mol. The third-order valence-corrected chi connectivity index (χ3v) is 9.58. The Balaban J connectivity index is 1.56. The van der Waals surface area contributed by atoms with Crippen molar-refractivity contribution in [3.05, 3.63) is 52.6 Å². The number of carbonyl (C=O) groups excluding carboxylic acids is 2.